The Hall–Kier alpha value is -0.820. The summed E-state index contributed by atoms with van der Waals surface area (Å²) in [6.07, 6.45) is 3.24. The second-order valence-corrected chi connectivity index (χ2v) is 4.03. The first-order chi connectivity index (χ1) is 6.27. The number of hydrogen-bond acceptors (Lipinski definition) is 1. The van der Waals surface area contributed by atoms with Crippen molar-refractivity contribution in [3.63, 3.8) is 0 Å². The molecule has 2 rings (SSSR count). The Morgan fingerprint density at radius 1 is 1.38 bits per heavy atom. The molecule has 1 aromatic rings. The van der Waals surface area contributed by atoms with Crippen molar-refractivity contribution in [3.05, 3.63) is 35.4 Å². The number of benzene rings is 1. The molecule has 1 nitrogen and oxygen atoms in total. The summed E-state index contributed by atoms with van der Waals surface area (Å²) < 4.78 is 0. The molecule has 1 atom stereocenters. The minimum atomic E-state index is -0.222. The van der Waals surface area contributed by atoms with Gasteiger partial charge in [0, 0.05) is 0 Å². The molecule has 0 heterocycles. The highest BCUT2D eigenvalue weighted by Crippen LogP contribution is 2.41. The largest absolute Gasteiger partial charge is 0.393 e. The number of hydrogen-bond donors (Lipinski definition) is 1. The van der Waals surface area contributed by atoms with E-state index in [0.717, 1.165) is 12.3 Å². The van der Waals surface area contributed by atoms with Crippen LogP contribution in [-0.4, -0.2) is 11.2 Å². The minimum absolute atomic E-state index is 0.222. The summed E-state index contributed by atoms with van der Waals surface area (Å²) in [5.74, 6) is 0.787. The van der Waals surface area contributed by atoms with E-state index in [1.165, 1.54) is 24.0 Å². The fourth-order valence-electron chi connectivity index (χ4n) is 1.83. The van der Waals surface area contributed by atoms with Crippen LogP contribution in [0.15, 0.2) is 24.3 Å². The van der Waals surface area contributed by atoms with Gasteiger partial charge in [-0.3, -0.25) is 0 Å². The molecule has 1 heteroatoms. The van der Waals surface area contributed by atoms with Crippen molar-refractivity contribution in [2.75, 3.05) is 0 Å². The first-order valence-corrected chi connectivity index (χ1v) is 5.03. The van der Waals surface area contributed by atoms with E-state index in [-0.39, 0.29) is 6.10 Å². The molecule has 1 aliphatic rings. The fraction of sp³-hybridized carbons (Fsp3) is 0.500. The van der Waals surface area contributed by atoms with E-state index in [1.54, 1.807) is 0 Å². The molecule has 1 aliphatic carbocycles. The van der Waals surface area contributed by atoms with Crippen molar-refractivity contribution in [2.24, 2.45) is 0 Å². The maximum Gasteiger partial charge on any atom is 0.0552 e. The Labute approximate surface area is 79.4 Å². The Bertz CT molecular complexity index is 287. The van der Waals surface area contributed by atoms with Gasteiger partial charge in [-0.25, -0.2) is 0 Å². The monoisotopic (exact) mass is 176 g/mol. The van der Waals surface area contributed by atoms with Gasteiger partial charge in [0.15, 0.2) is 0 Å². The van der Waals surface area contributed by atoms with Gasteiger partial charge in [0.1, 0.15) is 0 Å². The SMILES string of the molecule is C[C@H](O)Cc1ccccc1C1CC1. The maximum absolute atomic E-state index is 9.33. The third-order valence-electron chi connectivity index (χ3n) is 2.59. The highest BCUT2D eigenvalue weighted by molar-refractivity contribution is 5.33. The lowest BCUT2D eigenvalue weighted by Gasteiger charge is -2.09. The second-order valence-electron chi connectivity index (χ2n) is 4.03. The van der Waals surface area contributed by atoms with Crippen molar-refractivity contribution in [3.8, 4) is 0 Å². The molecule has 1 aromatic carbocycles. The molecule has 0 spiro atoms. The predicted molar refractivity (Wildman–Crippen MR) is 53.8 cm³/mol. The first-order valence-electron chi connectivity index (χ1n) is 5.03. The van der Waals surface area contributed by atoms with Gasteiger partial charge >= 0.3 is 0 Å². The van der Waals surface area contributed by atoms with Gasteiger partial charge in [0.2, 0.25) is 0 Å². The summed E-state index contributed by atoms with van der Waals surface area (Å²) in [6.45, 7) is 1.85. The zero-order chi connectivity index (χ0) is 9.26. The summed E-state index contributed by atoms with van der Waals surface area (Å²) >= 11 is 0. The molecule has 13 heavy (non-hydrogen) atoms. The Morgan fingerprint density at radius 2 is 2.08 bits per heavy atom. The summed E-state index contributed by atoms with van der Waals surface area (Å²) in [5, 5.41) is 9.33. The van der Waals surface area contributed by atoms with Crippen LogP contribution in [0, 0.1) is 0 Å². The van der Waals surface area contributed by atoms with Crippen molar-refractivity contribution >= 4 is 0 Å². The molecule has 0 saturated heterocycles. The molecule has 1 saturated carbocycles. The molecule has 0 radical (unpaired) electrons. The zero-order valence-corrected chi connectivity index (χ0v) is 8.03. The lowest BCUT2D eigenvalue weighted by Crippen LogP contribution is -2.06. The lowest BCUT2D eigenvalue weighted by molar-refractivity contribution is 0.195. The van der Waals surface area contributed by atoms with Crippen LogP contribution in [0.2, 0.25) is 0 Å². The molecule has 1 fully saturated rings. The van der Waals surface area contributed by atoms with Crippen LogP contribution in [0.1, 0.15) is 36.8 Å². The highest BCUT2D eigenvalue weighted by atomic mass is 16.3. The van der Waals surface area contributed by atoms with Crippen molar-refractivity contribution < 1.29 is 5.11 Å². The third-order valence-corrected chi connectivity index (χ3v) is 2.59. The molecule has 0 unspecified atom stereocenters. The summed E-state index contributed by atoms with van der Waals surface area (Å²) in [5.41, 5.74) is 2.79. The molecule has 0 amide bonds. The van der Waals surface area contributed by atoms with Gasteiger partial charge in [-0.1, -0.05) is 24.3 Å². The van der Waals surface area contributed by atoms with Crippen LogP contribution in [0.4, 0.5) is 0 Å². The molecular weight excluding hydrogens is 160 g/mol. The average Bonchev–Trinajstić information content (AvgIpc) is 2.87. The van der Waals surface area contributed by atoms with E-state index in [4.69, 9.17) is 0 Å². The average molecular weight is 176 g/mol. The van der Waals surface area contributed by atoms with Gasteiger partial charge in [0.25, 0.3) is 0 Å². The van der Waals surface area contributed by atoms with E-state index in [2.05, 4.69) is 24.3 Å². The molecule has 0 bridgehead atoms. The van der Waals surface area contributed by atoms with Crippen molar-refractivity contribution in [1.29, 1.82) is 0 Å². The van der Waals surface area contributed by atoms with Crippen molar-refractivity contribution in [1.82, 2.24) is 0 Å². The van der Waals surface area contributed by atoms with Crippen LogP contribution in [0.3, 0.4) is 0 Å². The minimum Gasteiger partial charge on any atom is -0.393 e. The number of aliphatic hydroxyl groups is 1. The van der Waals surface area contributed by atoms with Gasteiger partial charge in [-0.15, -0.1) is 0 Å². The smallest absolute Gasteiger partial charge is 0.0552 e. The van der Waals surface area contributed by atoms with Crippen LogP contribution in [0.5, 0.6) is 0 Å². The quantitative estimate of drug-likeness (QED) is 0.750. The Morgan fingerprint density at radius 3 is 2.69 bits per heavy atom. The lowest BCUT2D eigenvalue weighted by atomic mass is 9.99. The van der Waals surface area contributed by atoms with Crippen LogP contribution < -0.4 is 0 Å². The molecule has 70 valence electrons. The standard InChI is InChI=1S/C12H16O/c1-9(13)8-11-4-2-3-5-12(11)10-6-7-10/h2-5,9-10,13H,6-8H2,1H3/t9-/m0/s1. The summed E-state index contributed by atoms with van der Waals surface area (Å²) in [6, 6.07) is 8.50. The van der Waals surface area contributed by atoms with Crippen LogP contribution >= 0.6 is 0 Å². The first kappa shape index (κ1) is 8.76. The topological polar surface area (TPSA) is 20.2 Å². The van der Waals surface area contributed by atoms with Crippen LogP contribution in [-0.2, 0) is 6.42 Å². The summed E-state index contributed by atoms with van der Waals surface area (Å²) in [7, 11) is 0. The Balaban J connectivity index is 2.21. The third kappa shape index (κ3) is 2.10. The van der Waals surface area contributed by atoms with E-state index in [9.17, 15) is 5.11 Å². The number of aliphatic hydroxyl groups excluding tert-OH is 1. The maximum atomic E-state index is 9.33. The number of rotatable bonds is 3. The van der Waals surface area contributed by atoms with E-state index < -0.39 is 0 Å². The second kappa shape index (κ2) is 3.51. The van der Waals surface area contributed by atoms with Crippen LogP contribution in [0.25, 0.3) is 0 Å². The predicted octanol–water partition coefficient (Wildman–Crippen LogP) is 2.49. The highest BCUT2D eigenvalue weighted by Gasteiger charge is 2.25. The summed E-state index contributed by atoms with van der Waals surface area (Å²) in [4.78, 5) is 0. The van der Waals surface area contributed by atoms with Gasteiger partial charge in [-0.05, 0) is 43.2 Å². The molecule has 0 aromatic heterocycles. The Kier molecular flexibility index (Phi) is 2.36. The fourth-order valence-corrected chi connectivity index (χ4v) is 1.83. The van der Waals surface area contributed by atoms with E-state index in [1.807, 2.05) is 6.92 Å². The van der Waals surface area contributed by atoms with E-state index in [0.29, 0.717) is 0 Å². The van der Waals surface area contributed by atoms with Gasteiger partial charge < -0.3 is 5.11 Å². The normalized spacial score (nSPS) is 18.6. The zero-order valence-electron chi connectivity index (χ0n) is 8.03. The van der Waals surface area contributed by atoms with Gasteiger partial charge in [-0.2, -0.15) is 0 Å². The molecule has 1 N–H and O–H groups in total. The molecular formula is C12H16O. The molecule has 0 aliphatic heterocycles. The van der Waals surface area contributed by atoms with Gasteiger partial charge in [0.05, 0.1) is 6.10 Å². The van der Waals surface area contributed by atoms with Crippen molar-refractivity contribution in [2.45, 2.75) is 38.2 Å². The van der Waals surface area contributed by atoms with E-state index >= 15 is 0 Å².